The Labute approximate surface area is 106 Å². The molecule has 0 bridgehead atoms. The van der Waals surface area contributed by atoms with E-state index in [0.717, 1.165) is 0 Å². The van der Waals surface area contributed by atoms with Gasteiger partial charge in [-0.25, -0.2) is 0 Å². The van der Waals surface area contributed by atoms with Gasteiger partial charge < -0.3 is 4.74 Å². The lowest BCUT2D eigenvalue weighted by Gasteiger charge is -2.11. The number of alkyl halides is 3. The smallest absolute Gasteiger partial charge is 0.489 e. The number of aromatic nitrogens is 2. The Morgan fingerprint density at radius 1 is 1.11 bits per heavy atom. The summed E-state index contributed by atoms with van der Waals surface area (Å²) in [5.74, 6) is 0.383. The number of fused-ring (bicyclic) bond motifs is 3. The molecule has 19 heavy (non-hydrogen) atoms. The van der Waals surface area contributed by atoms with Crippen LogP contribution in [0.3, 0.4) is 0 Å². The lowest BCUT2D eigenvalue weighted by Crippen LogP contribution is -2.16. The Morgan fingerprint density at radius 3 is 2.53 bits per heavy atom. The van der Waals surface area contributed by atoms with Gasteiger partial charge in [-0.05, 0) is 18.2 Å². The largest absolute Gasteiger partial charge is 0.497 e. The molecule has 0 radical (unpaired) electrons. The molecule has 3 nitrogen and oxygen atoms in total. The third kappa shape index (κ3) is 1.71. The van der Waals surface area contributed by atoms with E-state index in [0.29, 0.717) is 21.1 Å². The van der Waals surface area contributed by atoms with E-state index < -0.39 is 6.30 Å². The molecule has 3 rings (SSSR count). The zero-order valence-corrected chi connectivity index (χ0v) is 9.90. The molecule has 0 saturated heterocycles. The van der Waals surface area contributed by atoms with Gasteiger partial charge in [0.05, 0.1) is 24.3 Å². The van der Waals surface area contributed by atoms with Gasteiger partial charge in [0.25, 0.3) is 0 Å². The maximum atomic E-state index is 13.2. The van der Waals surface area contributed by atoms with Gasteiger partial charge in [-0.1, -0.05) is 0 Å². The van der Waals surface area contributed by atoms with Crippen molar-refractivity contribution in [2.45, 2.75) is 6.30 Å². The lowest BCUT2D eigenvalue weighted by molar-refractivity contribution is -0.197. The van der Waals surface area contributed by atoms with Crippen molar-refractivity contribution in [2.75, 3.05) is 7.11 Å². The van der Waals surface area contributed by atoms with E-state index >= 15 is 0 Å². The standard InChI is InChI=1S/C13H9F3N2O/c1-19-8-2-3-9-10-4-5-17-7-12(10)18(11(9)6-8)13(14,15)16/h2-7H,1H3. The third-order valence-corrected chi connectivity index (χ3v) is 3.03. The first-order valence-electron chi connectivity index (χ1n) is 5.52. The molecule has 0 aliphatic rings. The van der Waals surface area contributed by atoms with Crippen LogP contribution in [0.4, 0.5) is 13.2 Å². The molecular formula is C13H9F3N2O. The van der Waals surface area contributed by atoms with Crippen LogP contribution in [0, 0.1) is 0 Å². The molecule has 1 aromatic carbocycles. The van der Waals surface area contributed by atoms with E-state index in [1.807, 2.05) is 0 Å². The van der Waals surface area contributed by atoms with Gasteiger partial charge in [0.2, 0.25) is 0 Å². The normalized spacial score (nSPS) is 12.2. The molecule has 98 valence electrons. The van der Waals surface area contributed by atoms with E-state index in [2.05, 4.69) is 4.98 Å². The number of pyridine rings is 1. The number of benzene rings is 1. The van der Waals surface area contributed by atoms with Crippen molar-refractivity contribution in [1.82, 2.24) is 9.55 Å². The zero-order chi connectivity index (χ0) is 13.6. The molecule has 6 heteroatoms. The van der Waals surface area contributed by atoms with Crippen molar-refractivity contribution in [3.8, 4) is 5.75 Å². The zero-order valence-electron chi connectivity index (χ0n) is 9.90. The van der Waals surface area contributed by atoms with E-state index in [1.165, 1.54) is 25.6 Å². The van der Waals surface area contributed by atoms with Crippen LogP contribution in [0.25, 0.3) is 21.8 Å². The molecule has 2 aromatic heterocycles. The van der Waals surface area contributed by atoms with Gasteiger partial charge in [-0.3, -0.25) is 9.55 Å². The number of halogens is 3. The highest BCUT2D eigenvalue weighted by Crippen LogP contribution is 2.37. The van der Waals surface area contributed by atoms with E-state index in [9.17, 15) is 13.2 Å². The number of ether oxygens (including phenoxy) is 1. The monoisotopic (exact) mass is 266 g/mol. The molecule has 0 N–H and O–H groups in total. The Kier molecular flexibility index (Phi) is 2.41. The van der Waals surface area contributed by atoms with Crippen molar-refractivity contribution in [3.05, 3.63) is 36.7 Å². The SMILES string of the molecule is COc1ccc2c3ccncc3n(C(F)(F)F)c2c1. The van der Waals surface area contributed by atoms with Crippen LogP contribution in [0.5, 0.6) is 5.75 Å². The molecule has 2 heterocycles. The molecule has 0 spiro atoms. The van der Waals surface area contributed by atoms with Crippen molar-refractivity contribution in [2.24, 2.45) is 0 Å². The molecule has 0 saturated carbocycles. The van der Waals surface area contributed by atoms with Gasteiger partial charge in [0.15, 0.2) is 0 Å². The molecule has 0 unspecified atom stereocenters. The van der Waals surface area contributed by atoms with Crippen LogP contribution in [-0.2, 0) is 6.30 Å². The van der Waals surface area contributed by atoms with Gasteiger partial charge in [0, 0.05) is 23.0 Å². The topological polar surface area (TPSA) is 27.1 Å². The Morgan fingerprint density at radius 2 is 1.84 bits per heavy atom. The molecular weight excluding hydrogens is 257 g/mol. The molecule has 0 aliphatic carbocycles. The molecule has 0 atom stereocenters. The number of methoxy groups -OCH3 is 1. The van der Waals surface area contributed by atoms with Crippen LogP contribution < -0.4 is 4.74 Å². The number of rotatable bonds is 1. The average Bonchev–Trinajstić information content (AvgIpc) is 2.71. The van der Waals surface area contributed by atoms with Gasteiger partial charge in [0.1, 0.15) is 5.75 Å². The maximum absolute atomic E-state index is 13.2. The summed E-state index contributed by atoms with van der Waals surface area (Å²) in [7, 11) is 1.42. The fourth-order valence-electron chi connectivity index (χ4n) is 2.25. The second-order valence-electron chi connectivity index (χ2n) is 4.08. The number of hydrogen-bond donors (Lipinski definition) is 0. The predicted octanol–water partition coefficient (Wildman–Crippen LogP) is 3.67. The predicted molar refractivity (Wildman–Crippen MR) is 65.1 cm³/mol. The molecule has 0 aliphatic heterocycles. The summed E-state index contributed by atoms with van der Waals surface area (Å²) < 4.78 is 44.9. The van der Waals surface area contributed by atoms with Gasteiger partial charge >= 0.3 is 6.30 Å². The van der Waals surface area contributed by atoms with Gasteiger partial charge in [-0.15, -0.1) is 13.2 Å². The van der Waals surface area contributed by atoms with Crippen molar-refractivity contribution in [3.63, 3.8) is 0 Å². The fraction of sp³-hybridized carbons (Fsp3) is 0.154. The first-order chi connectivity index (χ1) is 9.02. The first kappa shape index (κ1) is 11.8. The second kappa shape index (κ2) is 3.88. The maximum Gasteiger partial charge on any atom is 0.489 e. The highest BCUT2D eigenvalue weighted by Gasteiger charge is 2.34. The third-order valence-electron chi connectivity index (χ3n) is 3.03. The lowest BCUT2D eigenvalue weighted by atomic mass is 10.2. The molecule has 3 aromatic rings. The summed E-state index contributed by atoms with van der Waals surface area (Å²) in [6.45, 7) is 0. The van der Waals surface area contributed by atoms with Crippen LogP contribution in [0.1, 0.15) is 0 Å². The number of hydrogen-bond acceptors (Lipinski definition) is 2. The first-order valence-corrected chi connectivity index (χ1v) is 5.52. The summed E-state index contributed by atoms with van der Waals surface area (Å²) >= 11 is 0. The van der Waals surface area contributed by atoms with Crippen LogP contribution in [-0.4, -0.2) is 16.7 Å². The second-order valence-corrected chi connectivity index (χ2v) is 4.08. The fourth-order valence-corrected chi connectivity index (χ4v) is 2.25. The minimum atomic E-state index is -4.50. The Bertz CT molecular complexity index is 761. The van der Waals surface area contributed by atoms with E-state index in [4.69, 9.17) is 4.74 Å². The summed E-state index contributed by atoms with van der Waals surface area (Å²) in [5.41, 5.74) is 0.105. The quantitative estimate of drug-likeness (QED) is 0.672. The average molecular weight is 266 g/mol. The van der Waals surface area contributed by atoms with Crippen molar-refractivity contribution in [1.29, 1.82) is 0 Å². The summed E-state index contributed by atoms with van der Waals surface area (Å²) in [6, 6.07) is 6.22. The van der Waals surface area contributed by atoms with E-state index in [-0.39, 0.29) is 11.0 Å². The van der Waals surface area contributed by atoms with Crippen molar-refractivity contribution < 1.29 is 17.9 Å². The minimum Gasteiger partial charge on any atom is -0.497 e. The highest BCUT2D eigenvalue weighted by molar-refractivity contribution is 6.08. The summed E-state index contributed by atoms with van der Waals surface area (Å²) in [5, 5.41) is 1.04. The van der Waals surface area contributed by atoms with E-state index in [1.54, 1.807) is 18.2 Å². The Balaban J connectivity index is 2.52. The summed E-state index contributed by atoms with van der Waals surface area (Å²) in [6.07, 6.45) is -1.81. The molecule has 0 fully saturated rings. The highest BCUT2D eigenvalue weighted by atomic mass is 19.4. The Hall–Kier alpha value is -2.24. The van der Waals surface area contributed by atoms with Crippen molar-refractivity contribution >= 4 is 21.8 Å². The number of nitrogens with zero attached hydrogens (tertiary/aromatic N) is 2. The summed E-state index contributed by atoms with van der Waals surface area (Å²) in [4.78, 5) is 3.77. The van der Waals surface area contributed by atoms with Gasteiger partial charge in [-0.2, -0.15) is 0 Å². The van der Waals surface area contributed by atoms with Crippen LogP contribution >= 0.6 is 0 Å². The molecule has 0 amide bonds. The van der Waals surface area contributed by atoms with Crippen LogP contribution in [0.15, 0.2) is 36.7 Å². The van der Waals surface area contributed by atoms with Crippen LogP contribution in [0.2, 0.25) is 0 Å². The minimum absolute atomic E-state index is 0.0400.